The standard InChI is InChI=1S/CH2O.Na.H2O2S.2H2/c1-2;;1-3-2;;/h1H2;;1-2H;2*1H/q;+1;;;/p-1. The van der Waals surface area contributed by atoms with E-state index in [2.05, 4.69) is 0 Å². The Balaban J connectivity index is -0.00000000567. The van der Waals surface area contributed by atoms with Gasteiger partial charge in [-0.3, -0.25) is 0 Å². The molecule has 0 radical (unpaired) electrons. The van der Waals surface area contributed by atoms with Gasteiger partial charge in [-0.15, -0.1) is 12.3 Å². The van der Waals surface area contributed by atoms with Crippen molar-refractivity contribution in [3.63, 3.8) is 0 Å². The van der Waals surface area contributed by atoms with Gasteiger partial charge in [-0.2, -0.15) is 0 Å². The van der Waals surface area contributed by atoms with Gasteiger partial charge in [0.05, 0.1) is 0 Å². The molecule has 0 aromatic carbocycles. The summed E-state index contributed by atoms with van der Waals surface area (Å²) in [4.78, 5) is 8.00. The van der Waals surface area contributed by atoms with Crippen LogP contribution in [0.15, 0.2) is 0 Å². The molecule has 0 saturated carbocycles. The van der Waals surface area contributed by atoms with Crippen molar-refractivity contribution in [2.24, 2.45) is 0 Å². The number of hydrogen-bond acceptors (Lipinski definition) is 4. The largest absolute Gasteiger partial charge is 1.00 e. The van der Waals surface area contributed by atoms with Crippen molar-refractivity contribution in [2.75, 3.05) is 0 Å². The molecule has 0 heterocycles. The molecule has 3 nitrogen and oxygen atoms in total. The average Bonchev–Trinajstić information content (AvgIpc) is 1.46. The summed E-state index contributed by atoms with van der Waals surface area (Å²) in [5, 5.41) is 0. The van der Waals surface area contributed by atoms with Crippen LogP contribution in [0.5, 0.6) is 0 Å². The number of carbonyl (C=O) groups excluding carboxylic acids is 1. The number of hydrogen-bond donors (Lipinski definition) is 1. The van der Waals surface area contributed by atoms with Gasteiger partial charge in [0, 0.05) is 2.85 Å². The van der Waals surface area contributed by atoms with Gasteiger partial charge in [-0.1, -0.05) is 0 Å². The van der Waals surface area contributed by atoms with E-state index in [4.69, 9.17) is 13.9 Å². The summed E-state index contributed by atoms with van der Waals surface area (Å²) in [6.07, 6.45) is 0. The smallest absolute Gasteiger partial charge is 0.776 e. The van der Waals surface area contributed by atoms with Crippen LogP contribution in [0.3, 0.4) is 0 Å². The summed E-state index contributed by atoms with van der Waals surface area (Å²) >= 11 is -0.500. The van der Waals surface area contributed by atoms with Crippen LogP contribution in [0.25, 0.3) is 0 Å². The fourth-order valence-corrected chi connectivity index (χ4v) is 0. The van der Waals surface area contributed by atoms with Gasteiger partial charge in [0.15, 0.2) is 0 Å². The number of carbonyl (C=O) groups is 1. The van der Waals surface area contributed by atoms with E-state index in [0.29, 0.717) is 0 Å². The van der Waals surface area contributed by atoms with Gasteiger partial charge >= 0.3 is 29.6 Å². The third kappa shape index (κ3) is 86.8. The van der Waals surface area contributed by atoms with Gasteiger partial charge in [-0.25, -0.2) is 0 Å². The third-order valence-corrected chi connectivity index (χ3v) is 0. The Labute approximate surface area is 65.4 Å². The van der Waals surface area contributed by atoms with Crippen molar-refractivity contribution in [1.29, 1.82) is 0 Å². The molecular weight excluding hydrogens is 115 g/mol. The van der Waals surface area contributed by atoms with Gasteiger partial charge in [-0.05, 0) is 0 Å². The minimum absolute atomic E-state index is 0. The molecular formula is CH7NaO3S. The van der Waals surface area contributed by atoms with Crippen molar-refractivity contribution in [1.82, 2.24) is 0 Å². The predicted molar refractivity (Wildman–Crippen MR) is 22.3 cm³/mol. The molecule has 0 bridgehead atoms. The molecule has 0 aromatic rings. The first-order chi connectivity index (χ1) is 2.41. The Hall–Kier alpha value is 0.940. The van der Waals surface area contributed by atoms with Crippen molar-refractivity contribution in [3.8, 4) is 0 Å². The summed E-state index contributed by atoms with van der Waals surface area (Å²) < 4.78 is 15.3. The van der Waals surface area contributed by atoms with E-state index in [0.717, 1.165) is 0 Å². The topological polar surface area (TPSA) is 60.4 Å². The van der Waals surface area contributed by atoms with Gasteiger partial charge in [0.1, 0.15) is 6.79 Å². The number of rotatable bonds is 0. The SMILES string of the molecule is C=O.[HH].[HH].[Na+].[O-]SO. The monoisotopic (exact) mass is 122 g/mol. The zero-order valence-corrected chi connectivity index (χ0v) is 6.20. The zero-order chi connectivity index (χ0) is 4.71. The van der Waals surface area contributed by atoms with E-state index in [9.17, 15) is 0 Å². The van der Waals surface area contributed by atoms with E-state index < -0.39 is 12.3 Å². The Morgan fingerprint density at radius 3 is 1.83 bits per heavy atom. The summed E-state index contributed by atoms with van der Waals surface area (Å²) in [7, 11) is 0. The normalized spacial score (nSPS) is 3.67. The maximum atomic E-state index is 8.40. The molecule has 0 aromatic heterocycles. The first-order valence-corrected chi connectivity index (χ1v) is 1.34. The summed E-state index contributed by atoms with van der Waals surface area (Å²) in [5.41, 5.74) is 0. The van der Waals surface area contributed by atoms with E-state index in [1.54, 1.807) is 0 Å². The van der Waals surface area contributed by atoms with Crippen LogP contribution in [0.4, 0.5) is 0 Å². The Morgan fingerprint density at radius 1 is 1.83 bits per heavy atom. The molecule has 5 heteroatoms. The Morgan fingerprint density at radius 2 is 1.83 bits per heavy atom. The van der Waals surface area contributed by atoms with Crippen LogP contribution in [0.2, 0.25) is 0 Å². The van der Waals surface area contributed by atoms with E-state index in [-0.39, 0.29) is 32.4 Å². The molecule has 0 aliphatic rings. The molecule has 0 spiro atoms. The minimum atomic E-state index is -0.500. The van der Waals surface area contributed by atoms with Crippen LogP contribution >= 0.6 is 12.3 Å². The fraction of sp³-hybridized carbons (Fsp3) is 0. The first-order valence-electron chi connectivity index (χ1n) is 0.638. The second-order valence-electron chi connectivity index (χ2n) is 0.0745. The Kier molecular flexibility index (Phi) is 101. The molecule has 1 N–H and O–H groups in total. The molecule has 0 unspecified atom stereocenters. The maximum Gasteiger partial charge on any atom is 1.00 e. The third-order valence-electron chi connectivity index (χ3n) is 0. The summed E-state index contributed by atoms with van der Waals surface area (Å²) in [5.74, 6) is 0. The van der Waals surface area contributed by atoms with Crippen LogP contribution in [-0.4, -0.2) is 15.9 Å². The first kappa shape index (κ1) is 15.8. The van der Waals surface area contributed by atoms with Crippen molar-refractivity contribution >= 4 is 19.1 Å². The van der Waals surface area contributed by atoms with E-state index in [1.165, 1.54) is 0 Å². The van der Waals surface area contributed by atoms with Gasteiger partial charge in [0.25, 0.3) is 0 Å². The second kappa shape index (κ2) is 38.5. The van der Waals surface area contributed by atoms with Crippen molar-refractivity contribution < 1.29 is 46.3 Å². The molecule has 0 atom stereocenters. The van der Waals surface area contributed by atoms with Crippen LogP contribution < -0.4 is 29.6 Å². The molecule has 36 valence electrons. The summed E-state index contributed by atoms with van der Waals surface area (Å²) in [6, 6.07) is 0. The molecule has 0 rings (SSSR count). The predicted octanol–water partition coefficient (Wildman–Crippen LogP) is -2.37. The molecule has 0 amide bonds. The Bertz CT molecular complexity index is 21.2. The van der Waals surface area contributed by atoms with Crippen LogP contribution in [0, 0.1) is 0 Å². The van der Waals surface area contributed by atoms with E-state index in [1.807, 2.05) is 6.79 Å². The van der Waals surface area contributed by atoms with Crippen molar-refractivity contribution in [3.05, 3.63) is 0 Å². The minimum Gasteiger partial charge on any atom is -0.776 e. The second-order valence-corrected chi connectivity index (χ2v) is 0.224. The van der Waals surface area contributed by atoms with Crippen molar-refractivity contribution in [2.45, 2.75) is 0 Å². The van der Waals surface area contributed by atoms with Gasteiger partial charge in [0.2, 0.25) is 0 Å². The molecule has 6 heavy (non-hydrogen) atoms. The summed E-state index contributed by atoms with van der Waals surface area (Å²) in [6.45, 7) is 2.00. The zero-order valence-electron chi connectivity index (χ0n) is 3.38. The molecule has 0 aliphatic carbocycles. The maximum absolute atomic E-state index is 8.40. The molecule has 0 saturated heterocycles. The molecule has 0 fully saturated rings. The molecule has 0 aliphatic heterocycles. The fourth-order valence-electron chi connectivity index (χ4n) is 0. The average molecular weight is 122 g/mol. The van der Waals surface area contributed by atoms with Crippen LogP contribution in [0.1, 0.15) is 2.85 Å². The van der Waals surface area contributed by atoms with Crippen LogP contribution in [-0.2, 0) is 4.79 Å². The quantitative estimate of drug-likeness (QED) is 0.288. The van der Waals surface area contributed by atoms with E-state index >= 15 is 0 Å². The van der Waals surface area contributed by atoms with Gasteiger partial charge < -0.3 is 13.9 Å².